The van der Waals surface area contributed by atoms with Gasteiger partial charge in [0.15, 0.2) is 17.2 Å². The number of hydrogen-bond donors (Lipinski definition) is 0. The summed E-state index contributed by atoms with van der Waals surface area (Å²) >= 11 is 0. The molecule has 1 aliphatic carbocycles. The van der Waals surface area contributed by atoms with E-state index in [0.717, 1.165) is 30.5 Å². The molecule has 2 aromatic rings. The van der Waals surface area contributed by atoms with Crippen LogP contribution in [0, 0.1) is 0 Å². The third-order valence-corrected chi connectivity index (χ3v) is 7.95. The first-order chi connectivity index (χ1) is 18.2. The van der Waals surface area contributed by atoms with Crippen molar-refractivity contribution < 1.29 is 32.6 Å². The van der Waals surface area contributed by atoms with Crippen molar-refractivity contribution in [2.75, 3.05) is 26.2 Å². The van der Waals surface area contributed by atoms with E-state index in [0.29, 0.717) is 50.3 Å². The molecule has 2 fully saturated rings. The lowest BCUT2D eigenvalue weighted by molar-refractivity contribution is -0.287. The van der Waals surface area contributed by atoms with Crippen molar-refractivity contribution in [1.82, 2.24) is 19.6 Å². The summed E-state index contributed by atoms with van der Waals surface area (Å²) in [7, 11) is 0. The maximum absolute atomic E-state index is 13.6. The zero-order chi connectivity index (χ0) is 26.6. The number of morpholine rings is 1. The van der Waals surface area contributed by atoms with Crippen LogP contribution in [0.4, 0.5) is 8.78 Å². The highest BCUT2D eigenvalue weighted by Gasteiger charge is 2.45. The van der Waals surface area contributed by atoms with Gasteiger partial charge in [0.05, 0.1) is 12.2 Å². The van der Waals surface area contributed by atoms with E-state index in [1.54, 1.807) is 21.7 Å². The Morgan fingerprint density at radius 1 is 1.05 bits per heavy atom. The number of rotatable bonds is 4. The molecule has 0 N–H and O–H groups in total. The van der Waals surface area contributed by atoms with E-state index in [9.17, 15) is 18.4 Å². The number of carbonyl (C=O) groups is 2. The number of carbonyl (C=O) groups excluding carboxylic acids is 2. The number of ether oxygens (including phenoxy) is 3. The Kier molecular flexibility index (Phi) is 6.28. The lowest BCUT2D eigenvalue weighted by Crippen LogP contribution is -2.48. The third-order valence-electron chi connectivity index (χ3n) is 7.95. The van der Waals surface area contributed by atoms with Gasteiger partial charge >= 0.3 is 6.29 Å². The number of aromatic nitrogens is 2. The molecule has 38 heavy (non-hydrogen) atoms. The van der Waals surface area contributed by atoms with Crippen molar-refractivity contribution in [2.45, 2.75) is 76.9 Å². The van der Waals surface area contributed by atoms with Gasteiger partial charge in [-0.15, -0.1) is 8.78 Å². The summed E-state index contributed by atoms with van der Waals surface area (Å²) in [5.41, 5.74) is 3.09. The SMILES string of the molecule is C[C@@H]1CN(C(=O)c2nn(CC(=O)N3CCC(c4cccc5c4OC(F)(F)O5)CC3)c3c2CCC3)C[C@H](C)O1. The number of likely N-dealkylation sites (tertiary alicyclic amines) is 1. The Balaban J connectivity index is 1.12. The van der Waals surface area contributed by atoms with E-state index in [4.69, 9.17) is 9.47 Å². The lowest BCUT2D eigenvalue weighted by atomic mass is 9.88. The second kappa shape index (κ2) is 9.52. The highest BCUT2D eigenvalue weighted by Crippen LogP contribution is 2.47. The number of benzene rings is 1. The van der Waals surface area contributed by atoms with E-state index in [1.807, 2.05) is 18.7 Å². The Morgan fingerprint density at radius 2 is 1.79 bits per heavy atom. The number of nitrogens with zero attached hydrogens (tertiary/aromatic N) is 4. The fourth-order valence-electron chi connectivity index (χ4n) is 6.28. The standard InChI is InChI=1S/C27H32F2N4O5/c1-16-13-32(14-17(2)36-16)26(35)24-20-6-3-7-21(20)33(30-24)15-23(34)31-11-9-18(10-12-31)19-5-4-8-22-25(19)38-27(28,29)37-22/h4-5,8,16-18H,3,6-7,9-15H2,1-2H3/t16-,17+. The number of piperidine rings is 1. The Bertz CT molecular complexity index is 1250. The van der Waals surface area contributed by atoms with Crippen molar-refractivity contribution >= 4 is 11.8 Å². The van der Waals surface area contributed by atoms with Crippen LogP contribution in [0.2, 0.25) is 0 Å². The van der Waals surface area contributed by atoms with Crippen LogP contribution in [0.5, 0.6) is 11.5 Å². The number of amides is 2. The minimum absolute atomic E-state index is 0.0111. The van der Waals surface area contributed by atoms with Crippen LogP contribution in [-0.4, -0.2) is 76.1 Å². The molecule has 0 bridgehead atoms. The number of halogens is 2. The first-order valence-electron chi connectivity index (χ1n) is 13.4. The van der Waals surface area contributed by atoms with Crippen molar-refractivity contribution in [2.24, 2.45) is 0 Å². The Labute approximate surface area is 219 Å². The largest absolute Gasteiger partial charge is 0.586 e. The van der Waals surface area contributed by atoms with Gasteiger partial charge in [0, 0.05) is 43.0 Å². The van der Waals surface area contributed by atoms with Gasteiger partial charge < -0.3 is 24.0 Å². The third kappa shape index (κ3) is 4.61. The van der Waals surface area contributed by atoms with E-state index >= 15 is 0 Å². The summed E-state index contributed by atoms with van der Waals surface area (Å²) in [6.07, 6.45) is 0.0680. The van der Waals surface area contributed by atoms with Gasteiger partial charge in [-0.1, -0.05) is 12.1 Å². The maximum Gasteiger partial charge on any atom is 0.586 e. The van der Waals surface area contributed by atoms with Gasteiger partial charge in [-0.3, -0.25) is 14.3 Å². The van der Waals surface area contributed by atoms with Gasteiger partial charge in [-0.25, -0.2) is 0 Å². The normalized spacial score (nSPS) is 24.5. The molecule has 0 unspecified atom stereocenters. The van der Waals surface area contributed by atoms with Crippen molar-refractivity contribution in [1.29, 1.82) is 0 Å². The molecule has 0 radical (unpaired) electrons. The maximum atomic E-state index is 13.6. The summed E-state index contributed by atoms with van der Waals surface area (Å²) in [5.74, 6) is -0.0227. The fourth-order valence-corrected chi connectivity index (χ4v) is 6.28. The second-order valence-corrected chi connectivity index (χ2v) is 10.7. The summed E-state index contributed by atoms with van der Waals surface area (Å²) in [6, 6.07) is 4.94. The van der Waals surface area contributed by atoms with Crippen LogP contribution in [0.25, 0.3) is 0 Å². The minimum atomic E-state index is -3.66. The molecule has 11 heteroatoms. The average molecular weight is 531 g/mol. The summed E-state index contributed by atoms with van der Waals surface area (Å²) in [5, 5.41) is 4.64. The molecule has 2 amide bonds. The number of hydrogen-bond acceptors (Lipinski definition) is 6. The fraction of sp³-hybridized carbons (Fsp3) is 0.593. The molecule has 4 heterocycles. The molecule has 1 aromatic carbocycles. The van der Waals surface area contributed by atoms with Crippen LogP contribution < -0.4 is 9.47 Å². The molecule has 0 saturated carbocycles. The molecule has 1 aromatic heterocycles. The molecule has 2 atom stereocenters. The molecule has 3 aliphatic heterocycles. The van der Waals surface area contributed by atoms with Crippen LogP contribution in [-0.2, 0) is 28.9 Å². The van der Waals surface area contributed by atoms with Gasteiger partial charge in [0.2, 0.25) is 5.91 Å². The van der Waals surface area contributed by atoms with E-state index in [-0.39, 0.29) is 48.0 Å². The van der Waals surface area contributed by atoms with E-state index in [1.165, 1.54) is 6.07 Å². The number of para-hydroxylation sites is 1. The van der Waals surface area contributed by atoms with Crippen LogP contribution in [0.1, 0.15) is 66.3 Å². The molecule has 204 valence electrons. The highest BCUT2D eigenvalue weighted by molar-refractivity contribution is 5.94. The molecular formula is C27H32F2N4O5. The van der Waals surface area contributed by atoms with E-state index in [2.05, 4.69) is 9.84 Å². The molecule has 6 rings (SSSR count). The Morgan fingerprint density at radius 3 is 2.53 bits per heavy atom. The van der Waals surface area contributed by atoms with E-state index < -0.39 is 6.29 Å². The molecular weight excluding hydrogens is 498 g/mol. The number of fused-ring (bicyclic) bond motifs is 2. The average Bonchev–Trinajstić information content (AvgIpc) is 3.56. The molecule has 4 aliphatic rings. The second-order valence-electron chi connectivity index (χ2n) is 10.7. The zero-order valence-electron chi connectivity index (χ0n) is 21.6. The zero-order valence-corrected chi connectivity index (χ0v) is 21.6. The smallest absolute Gasteiger partial charge is 0.395 e. The lowest BCUT2D eigenvalue weighted by Gasteiger charge is -2.35. The summed E-state index contributed by atoms with van der Waals surface area (Å²) in [4.78, 5) is 30.2. The van der Waals surface area contributed by atoms with Gasteiger partial charge in [0.25, 0.3) is 5.91 Å². The predicted molar refractivity (Wildman–Crippen MR) is 131 cm³/mol. The summed E-state index contributed by atoms with van der Waals surface area (Å²) < 4.78 is 44.1. The number of alkyl halides is 2. The monoisotopic (exact) mass is 530 g/mol. The molecule has 9 nitrogen and oxygen atoms in total. The quantitative estimate of drug-likeness (QED) is 0.603. The predicted octanol–water partition coefficient (Wildman–Crippen LogP) is 3.35. The first-order valence-corrected chi connectivity index (χ1v) is 13.4. The molecule has 2 saturated heterocycles. The minimum Gasteiger partial charge on any atom is -0.395 e. The van der Waals surface area contributed by atoms with Crippen LogP contribution in [0.15, 0.2) is 18.2 Å². The highest BCUT2D eigenvalue weighted by atomic mass is 19.3. The van der Waals surface area contributed by atoms with Crippen LogP contribution in [0.3, 0.4) is 0 Å². The Hall–Kier alpha value is -3.21. The summed E-state index contributed by atoms with van der Waals surface area (Å²) in [6.45, 7) is 6.06. The van der Waals surface area contributed by atoms with Crippen LogP contribution >= 0.6 is 0 Å². The van der Waals surface area contributed by atoms with Gasteiger partial charge in [0.1, 0.15) is 6.54 Å². The van der Waals surface area contributed by atoms with Crippen molar-refractivity contribution in [3.8, 4) is 11.5 Å². The molecule has 0 spiro atoms. The van der Waals surface area contributed by atoms with Crippen molar-refractivity contribution in [3.05, 3.63) is 40.7 Å². The van der Waals surface area contributed by atoms with Gasteiger partial charge in [-0.05, 0) is 57.9 Å². The first kappa shape index (κ1) is 25.1. The topological polar surface area (TPSA) is 86.1 Å². The van der Waals surface area contributed by atoms with Gasteiger partial charge in [-0.2, -0.15) is 5.10 Å². The van der Waals surface area contributed by atoms with Crippen molar-refractivity contribution in [3.63, 3.8) is 0 Å².